The summed E-state index contributed by atoms with van der Waals surface area (Å²) in [5, 5.41) is 18.9. The number of carboxylic acid groups (broad SMARTS) is 1. The van der Waals surface area contributed by atoms with Crippen molar-refractivity contribution >= 4 is 45.1 Å². The minimum atomic E-state index is -1.05. The Morgan fingerprint density at radius 1 is 1.15 bits per heavy atom. The maximum absolute atomic E-state index is 11.1. The SMILES string of the molecule is N#C/C(=C/c1ccc(-c2cc(C(=O)O)ccc2Cl)o1)c1cccc(Br)c1. The zero-order chi connectivity index (χ0) is 18.7. The lowest BCUT2D eigenvalue weighted by molar-refractivity contribution is 0.0697. The highest BCUT2D eigenvalue weighted by Crippen LogP contribution is 2.31. The lowest BCUT2D eigenvalue weighted by atomic mass is 10.1. The van der Waals surface area contributed by atoms with Gasteiger partial charge in [-0.05, 0) is 54.1 Å². The number of rotatable bonds is 4. The van der Waals surface area contributed by atoms with E-state index in [2.05, 4.69) is 22.0 Å². The maximum Gasteiger partial charge on any atom is 0.335 e. The number of hydrogen-bond acceptors (Lipinski definition) is 3. The molecule has 0 saturated carbocycles. The molecule has 4 nitrogen and oxygen atoms in total. The zero-order valence-electron chi connectivity index (χ0n) is 13.2. The van der Waals surface area contributed by atoms with Crippen molar-refractivity contribution < 1.29 is 14.3 Å². The van der Waals surface area contributed by atoms with Gasteiger partial charge in [-0.25, -0.2) is 4.79 Å². The van der Waals surface area contributed by atoms with Crippen LogP contribution < -0.4 is 0 Å². The van der Waals surface area contributed by atoms with Crippen molar-refractivity contribution in [2.75, 3.05) is 0 Å². The minimum absolute atomic E-state index is 0.116. The third-order valence-electron chi connectivity index (χ3n) is 3.65. The van der Waals surface area contributed by atoms with Crippen LogP contribution in [0.3, 0.4) is 0 Å². The number of halogens is 2. The van der Waals surface area contributed by atoms with E-state index in [1.54, 1.807) is 18.2 Å². The van der Waals surface area contributed by atoms with Gasteiger partial charge in [-0.15, -0.1) is 0 Å². The molecule has 128 valence electrons. The lowest BCUT2D eigenvalue weighted by Crippen LogP contribution is -1.96. The van der Waals surface area contributed by atoms with E-state index < -0.39 is 5.97 Å². The zero-order valence-corrected chi connectivity index (χ0v) is 15.6. The van der Waals surface area contributed by atoms with Gasteiger partial charge in [-0.3, -0.25) is 0 Å². The molecule has 26 heavy (non-hydrogen) atoms. The second kappa shape index (κ2) is 7.61. The summed E-state index contributed by atoms with van der Waals surface area (Å²) in [6.45, 7) is 0. The lowest BCUT2D eigenvalue weighted by Gasteiger charge is -2.03. The molecular weight excluding hydrogens is 418 g/mol. The van der Waals surface area contributed by atoms with Crippen molar-refractivity contribution in [3.63, 3.8) is 0 Å². The Morgan fingerprint density at radius 3 is 2.65 bits per heavy atom. The summed E-state index contributed by atoms with van der Waals surface area (Å²) in [4.78, 5) is 11.1. The number of nitriles is 1. The average Bonchev–Trinajstić information content (AvgIpc) is 3.08. The fourth-order valence-corrected chi connectivity index (χ4v) is 3.01. The minimum Gasteiger partial charge on any atom is -0.478 e. The van der Waals surface area contributed by atoms with Crippen molar-refractivity contribution in [2.45, 2.75) is 0 Å². The Hall–Kier alpha value is -2.81. The van der Waals surface area contributed by atoms with Gasteiger partial charge in [0.2, 0.25) is 0 Å². The molecule has 0 aliphatic heterocycles. The van der Waals surface area contributed by atoms with E-state index in [0.717, 1.165) is 10.0 Å². The van der Waals surface area contributed by atoms with Crippen LogP contribution in [0, 0.1) is 11.3 Å². The predicted octanol–water partition coefficient (Wildman–Crippen LogP) is 6.12. The molecule has 1 N–H and O–H groups in total. The highest BCUT2D eigenvalue weighted by atomic mass is 79.9. The van der Waals surface area contributed by atoms with Crippen LogP contribution in [0.15, 0.2) is 63.5 Å². The molecular formula is C20H11BrClNO3. The molecule has 0 unspecified atom stereocenters. The number of benzene rings is 2. The third-order valence-corrected chi connectivity index (χ3v) is 4.47. The predicted molar refractivity (Wildman–Crippen MR) is 104 cm³/mol. The van der Waals surface area contributed by atoms with Crippen LogP contribution in [0.5, 0.6) is 0 Å². The second-order valence-corrected chi connectivity index (χ2v) is 6.70. The Kier molecular flexibility index (Phi) is 5.27. The molecule has 0 radical (unpaired) electrons. The summed E-state index contributed by atoms with van der Waals surface area (Å²) < 4.78 is 6.62. The first-order valence-electron chi connectivity index (χ1n) is 7.48. The highest BCUT2D eigenvalue weighted by Gasteiger charge is 2.12. The van der Waals surface area contributed by atoms with Crippen molar-refractivity contribution in [3.05, 3.63) is 81.0 Å². The molecule has 1 aromatic heterocycles. The molecule has 3 aromatic rings. The van der Waals surface area contributed by atoms with Gasteiger partial charge >= 0.3 is 5.97 Å². The van der Waals surface area contributed by atoms with E-state index in [0.29, 0.717) is 27.7 Å². The Morgan fingerprint density at radius 2 is 1.96 bits per heavy atom. The molecule has 2 aromatic carbocycles. The van der Waals surface area contributed by atoms with E-state index in [1.165, 1.54) is 18.2 Å². The molecule has 6 heteroatoms. The molecule has 0 aliphatic carbocycles. The Bertz CT molecular complexity index is 1060. The monoisotopic (exact) mass is 427 g/mol. The summed E-state index contributed by atoms with van der Waals surface area (Å²) in [5.74, 6) is -0.153. The number of nitrogens with zero attached hydrogens (tertiary/aromatic N) is 1. The number of allylic oxidation sites excluding steroid dienone is 1. The maximum atomic E-state index is 11.1. The number of hydrogen-bond donors (Lipinski definition) is 1. The molecule has 1 heterocycles. The van der Waals surface area contributed by atoms with Crippen molar-refractivity contribution in [1.29, 1.82) is 5.26 Å². The quantitative estimate of drug-likeness (QED) is 0.508. The van der Waals surface area contributed by atoms with Crippen LogP contribution in [0.2, 0.25) is 5.02 Å². The first-order chi connectivity index (χ1) is 12.5. The molecule has 0 fully saturated rings. The average molecular weight is 429 g/mol. The van der Waals surface area contributed by atoms with Crippen molar-refractivity contribution in [2.24, 2.45) is 0 Å². The van der Waals surface area contributed by atoms with Crippen molar-refractivity contribution in [3.8, 4) is 17.4 Å². The topological polar surface area (TPSA) is 74.2 Å². The van der Waals surface area contributed by atoms with Gasteiger partial charge in [0.05, 0.1) is 22.2 Å². The van der Waals surface area contributed by atoms with Gasteiger partial charge < -0.3 is 9.52 Å². The van der Waals surface area contributed by atoms with Crippen LogP contribution >= 0.6 is 27.5 Å². The summed E-state index contributed by atoms with van der Waals surface area (Å²) >= 11 is 9.55. The fourth-order valence-electron chi connectivity index (χ4n) is 2.40. The number of carbonyl (C=O) groups is 1. The van der Waals surface area contributed by atoms with E-state index in [-0.39, 0.29) is 5.56 Å². The van der Waals surface area contributed by atoms with E-state index in [9.17, 15) is 10.1 Å². The van der Waals surface area contributed by atoms with Crippen LogP contribution in [0.1, 0.15) is 21.7 Å². The normalized spacial score (nSPS) is 11.2. The molecule has 3 rings (SSSR count). The van der Waals surface area contributed by atoms with Crippen molar-refractivity contribution in [1.82, 2.24) is 0 Å². The van der Waals surface area contributed by atoms with Gasteiger partial charge in [0.1, 0.15) is 11.5 Å². The van der Waals surface area contributed by atoms with Gasteiger partial charge in [-0.2, -0.15) is 5.26 Å². The van der Waals surface area contributed by atoms with Gasteiger partial charge in [0.25, 0.3) is 0 Å². The van der Waals surface area contributed by atoms with E-state index >= 15 is 0 Å². The number of furan rings is 1. The molecule has 0 saturated heterocycles. The van der Waals surface area contributed by atoms with Crippen LogP contribution in [0.4, 0.5) is 0 Å². The van der Waals surface area contributed by atoms with Crippen LogP contribution in [-0.4, -0.2) is 11.1 Å². The first-order valence-corrected chi connectivity index (χ1v) is 8.66. The molecule has 0 atom stereocenters. The molecule has 0 spiro atoms. The Balaban J connectivity index is 1.99. The van der Waals surface area contributed by atoms with E-state index in [1.807, 2.05) is 24.3 Å². The largest absolute Gasteiger partial charge is 0.478 e. The molecule has 0 amide bonds. The standard InChI is InChI=1S/C20H11BrClNO3/c21-15-3-1-2-12(8-15)14(11-23)9-16-5-7-19(26-16)17-10-13(20(24)25)4-6-18(17)22/h1-10H,(H,24,25)/b14-9-. The van der Waals surface area contributed by atoms with Gasteiger partial charge in [0.15, 0.2) is 0 Å². The highest BCUT2D eigenvalue weighted by molar-refractivity contribution is 9.10. The smallest absolute Gasteiger partial charge is 0.335 e. The molecule has 0 bridgehead atoms. The summed E-state index contributed by atoms with van der Waals surface area (Å²) in [7, 11) is 0. The van der Waals surface area contributed by atoms with E-state index in [4.69, 9.17) is 21.1 Å². The van der Waals surface area contributed by atoms with Gasteiger partial charge in [0, 0.05) is 10.0 Å². The summed E-state index contributed by atoms with van der Waals surface area (Å²) in [5.41, 5.74) is 1.79. The van der Waals surface area contributed by atoms with Gasteiger partial charge in [-0.1, -0.05) is 39.7 Å². The van der Waals surface area contributed by atoms with Crippen LogP contribution in [0.25, 0.3) is 23.0 Å². The summed E-state index contributed by atoms with van der Waals surface area (Å²) in [6.07, 6.45) is 1.63. The molecule has 0 aliphatic rings. The fraction of sp³-hybridized carbons (Fsp3) is 0. The van der Waals surface area contributed by atoms with Crippen LogP contribution in [-0.2, 0) is 0 Å². The number of aromatic carboxylic acids is 1. The second-order valence-electron chi connectivity index (χ2n) is 5.38. The first kappa shape index (κ1) is 18.0. The number of carboxylic acids is 1. The third kappa shape index (κ3) is 3.88. The summed E-state index contributed by atoms with van der Waals surface area (Å²) in [6, 6.07) is 17.3. The Labute approximate surface area is 163 Å².